The van der Waals surface area contributed by atoms with Crippen molar-refractivity contribution in [1.29, 1.82) is 0 Å². The summed E-state index contributed by atoms with van der Waals surface area (Å²) in [5, 5.41) is 10.6. The molecule has 0 saturated heterocycles. The van der Waals surface area contributed by atoms with Gasteiger partial charge in [0, 0.05) is 10.7 Å². The van der Waals surface area contributed by atoms with Crippen molar-refractivity contribution < 1.29 is 9.53 Å². The van der Waals surface area contributed by atoms with Crippen molar-refractivity contribution in [3.8, 4) is 5.75 Å². The fraction of sp³-hybridized carbons (Fsp3) is 0.188. The van der Waals surface area contributed by atoms with Crippen LogP contribution < -0.4 is 10.1 Å². The van der Waals surface area contributed by atoms with E-state index in [0.29, 0.717) is 11.3 Å². The Morgan fingerprint density at radius 2 is 2.09 bits per heavy atom. The van der Waals surface area contributed by atoms with Gasteiger partial charge in [-0.1, -0.05) is 18.2 Å². The number of carbonyl (C=O) groups is 1. The fourth-order valence-electron chi connectivity index (χ4n) is 2.35. The molecule has 0 atom stereocenters. The molecule has 118 valence electrons. The van der Waals surface area contributed by atoms with Crippen molar-refractivity contribution in [2.75, 3.05) is 11.9 Å². The van der Waals surface area contributed by atoms with Gasteiger partial charge in [0.2, 0.25) is 0 Å². The molecule has 0 radical (unpaired) electrons. The van der Waals surface area contributed by atoms with E-state index in [-0.39, 0.29) is 12.5 Å². The Labute approximate surface area is 141 Å². The highest BCUT2D eigenvalue weighted by Crippen LogP contribution is 2.23. The van der Waals surface area contributed by atoms with E-state index in [1.165, 1.54) is 0 Å². The molecule has 1 N–H and O–H groups in total. The molecule has 1 aromatic carbocycles. The number of fused-ring (bicyclic) bond motifs is 1. The van der Waals surface area contributed by atoms with Crippen LogP contribution >= 0.6 is 15.9 Å². The monoisotopic (exact) mass is 374 g/mol. The van der Waals surface area contributed by atoms with Crippen LogP contribution in [0.3, 0.4) is 0 Å². The minimum absolute atomic E-state index is 0.0709. The molecule has 6 nitrogen and oxygen atoms in total. The molecule has 7 heteroatoms. The van der Waals surface area contributed by atoms with Crippen molar-refractivity contribution in [3.63, 3.8) is 0 Å². The van der Waals surface area contributed by atoms with Gasteiger partial charge in [0.1, 0.15) is 12.1 Å². The van der Waals surface area contributed by atoms with Gasteiger partial charge in [-0.15, -0.1) is 10.2 Å². The summed E-state index contributed by atoms with van der Waals surface area (Å²) in [4.78, 5) is 12.2. The van der Waals surface area contributed by atoms with Crippen LogP contribution in [-0.4, -0.2) is 27.1 Å². The topological polar surface area (TPSA) is 68.5 Å². The first-order valence-corrected chi connectivity index (χ1v) is 7.81. The van der Waals surface area contributed by atoms with E-state index in [2.05, 4.69) is 31.4 Å². The number of halogens is 1. The van der Waals surface area contributed by atoms with Gasteiger partial charge in [0.25, 0.3) is 5.91 Å². The number of pyridine rings is 1. The first-order chi connectivity index (χ1) is 11.0. The maximum atomic E-state index is 12.2. The Morgan fingerprint density at radius 3 is 2.83 bits per heavy atom. The smallest absolute Gasteiger partial charge is 0.262 e. The summed E-state index contributed by atoms with van der Waals surface area (Å²) < 4.78 is 8.20. The van der Waals surface area contributed by atoms with E-state index >= 15 is 0 Å². The highest BCUT2D eigenvalue weighted by molar-refractivity contribution is 9.10. The molecule has 0 unspecified atom stereocenters. The summed E-state index contributed by atoms with van der Waals surface area (Å²) in [6.45, 7) is 3.83. The molecule has 1 amide bonds. The maximum absolute atomic E-state index is 12.2. The lowest BCUT2D eigenvalue weighted by Gasteiger charge is -2.12. The van der Waals surface area contributed by atoms with Crippen LogP contribution in [0.1, 0.15) is 11.1 Å². The van der Waals surface area contributed by atoms with Gasteiger partial charge < -0.3 is 10.1 Å². The normalized spacial score (nSPS) is 10.7. The number of amides is 1. The Kier molecular flexibility index (Phi) is 4.29. The number of rotatable bonds is 4. The molecule has 2 aromatic heterocycles. The third-order valence-corrected chi connectivity index (χ3v) is 3.82. The third kappa shape index (κ3) is 3.34. The van der Waals surface area contributed by atoms with Crippen LogP contribution in [0.2, 0.25) is 0 Å². The highest BCUT2D eigenvalue weighted by atomic mass is 79.9. The number of aromatic nitrogens is 3. The summed E-state index contributed by atoms with van der Waals surface area (Å²) >= 11 is 3.39. The molecule has 0 bridgehead atoms. The van der Waals surface area contributed by atoms with E-state index < -0.39 is 0 Å². The predicted octanol–water partition coefficient (Wildman–Crippen LogP) is 3.13. The molecule has 3 aromatic rings. The first-order valence-electron chi connectivity index (χ1n) is 7.02. The summed E-state index contributed by atoms with van der Waals surface area (Å²) in [6, 6.07) is 7.64. The SMILES string of the molecule is Cc1cccc(C)c1OCC(=O)Nc1cc(Br)cn2cnnc12. The second-order valence-corrected chi connectivity index (χ2v) is 6.11. The van der Waals surface area contributed by atoms with E-state index in [1.807, 2.05) is 38.2 Å². The second-order valence-electron chi connectivity index (χ2n) is 5.19. The Morgan fingerprint density at radius 1 is 1.35 bits per heavy atom. The molecular weight excluding hydrogens is 360 g/mol. The van der Waals surface area contributed by atoms with E-state index in [4.69, 9.17) is 4.74 Å². The molecule has 0 saturated carbocycles. The number of hydrogen-bond donors (Lipinski definition) is 1. The molecule has 0 spiro atoms. The van der Waals surface area contributed by atoms with Crippen molar-refractivity contribution in [1.82, 2.24) is 14.6 Å². The van der Waals surface area contributed by atoms with Crippen LogP contribution in [-0.2, 0) is 4.79 Å². The molecular formula is C16H15BrN4O2. The van der Waals surface area contributed by atoms with Gasteiger partial charge in [-0.05, 0) is 47.0 Å². The van der Waals surface area contributed by atoms with Crippen LogP contribution in [0, 0.1) is 13.8 Å². The maximum Gasteiger partial charge on any atom is 0.262 e. The third-order valence-electron chi connectivity index (χ3n) is 3.39. The number of nitrogens with zero attached hydrogens (tertiary/aromatic N) is 3. The minimum atomic E-state index is -0.254. The Bertz CT molecular complexity index is 855. The van der Waals surface area contributed by atoms with Crippen molar-refractivity contribution >= 4 is 33.2 Å². The zero-order chi connectivity index (χ0) is 16.4. The summed E-state index contributed by atoms with van der Waals surface area (Å²) in [6.07, 6.45) is 3.39. The molecule has 0 aliphatic carbocycles. The molecule has 3 rings (SSSR count). The van der Waals surface area contributed by atoms with E-state index in [9.17, 15) is 4.79 Å². The number of ether oxygens (including phenoxy) is 1. The quantitative estimate of drug-likeness (QED) is 0.761. The lowest BCUT2D eigenvalue weighted by molar-refractivity contribution is -0.118. The van der Waals surface area contributed by atoms with Crippen molar-refractivity contribution in [3.05, 3.63) is 52.4 Å². The van der Waals surface area contributed by atoms with Gasteiger partial charge >= 0.3 is 0 Å². The number of aryl methyl sites for hydroxylation is 2. The van der Waals surface area contributed by atoms with Gasteiger partial charge in [0.05, 0.1) is 5.69 Å². The zero-order valence-corrected chi connectivity index (χ0v) is 14.3. The van der Waals surface area contributed by atoms with Gasteiger partial charge in [-0.3, -0.25) is 9.20 Å². The van der Waals surface area contributed by atoms with Crippen LogP contribution in [0.25, 0.3) is 5.65 Å². The Balaban J connectivity index is 1.73. The standard InChI is InChI=1S/C16H15BrN4O2/c1-10-4-3-5-11(2)15(10)23-8-14(22)19-13-6-12(17)7-21-9-18-20-16(13)21/h3-7,9H,8H2,1-2H3,(H,19,22). The summed E-state index contributed by atoms with van der Waals surface area (Å²) in [7, 11) is 0. The number of benzene rings is 1. The van der Waals surface area contributed by atoms with E-state index in [0.717, 1.165) is 21.3 Å². The minimum Gasteiger partial charge on any atom is -0.483 e. The van der Waals surface area contributed by atoms with Gasteiger partial charge in [0.15, 0.2) is 12.3 Å². The number of nitrogens with one attached hydrogen (secondary N) is 1. The van der Waals surface area contributed by atoms with Crippen molar-refractivity contribution in [2.45, 2.75) is 13.8 Å². The van der Waals surface area contributed by atoms with E-state index in [1.54, 1.807) is 16.8 Å². The second kappa shape index (κ2) is 6.37. The molecule has 0 aliphatic heterocycles. The summed E-state index contributed by atoms with van der Waals surface area (Å²) in [5.74, 6) is 0.486. The number of carbonyl (C=O) groups excluding carboxylic acids is 1. The number of anilines is 1. The van der Waals surface area contributed by atoms with Crippen LogP contribution in [0.5, 0.6) is 5.75 Å². The largest absolute Gasteiger partial charge is 0.483 e. The molecule has 23 heavy (non-hydrogen) atoms. The van der Waals surface area contributed by atoms with Crippen LogP contribution in [0.4, 0.5) is 5.69 Å². The number of hydrogen-bond acceptors (Lipinski definition) is 4. The van der Waals surface area contributed by atoms with Crippen molar-refractivity contribution in [2.24, 2.45) is 0 Å². The number of para-hydroxylation sites is 1. The lowest BCUT2D eigenvalue weighted by Crippen LogP contribution is -2.21. The average molecular weight is 375 g/mol. The molecule has 0 fully saturated rings. The van der Waals surface area contributed by atoms with Gasteiger partial charge in [-0.2, -0.15) is 0 Å². The molecule has 2 heterocycles. The summed E-state index contributed by atoms with van der Waals surface area (Å²) in [5.41, 5.74) is 3.15. The molecule has 0 aliphatic rings. The highest BCUT2D eigenvalue weighted by Gasteiger charge is 2.11. The Hall–Kier alpha value is -2.41. The van der Waals surface area contributed by atoms with Gasteiger partial charge in [-0.25, -0.2) is 0 Å². The zero-order valence-electron chi connectivity index (χ0n) is 12.7. The van der Waals surface area contributed by atoms with Crippen LogP contribution in [0.15, 0.2) is 41.3 Å². The first kappa shape index (κ1) is 15.5. The predicted molar refractivity (Wildman–Crippen MR) is 90.7 cm³/mol. The average Bonchev–Trinajstić information content (AvgIpc) is 2.95. The lowest BCUT2D eigenvalue weighted by atomic mass is 10.1. The fourth-order valence-corrected chi connectivity index (χ4v) is 2.79.